The average Bonchev–Trinajstić information content (AvgIpc) is 2.47. The average molecular weight is 298 g/mol. The van der Waals surface area contributed by atoms with Gasteiger partial charge in [0.2, 0.25) is 5.95 Å². The molecule has 1 aromatic heterocycles. The molecule has 0 saturated carbocycles. The normalized spacial score (nSPS) is 10.8. The lowest BCUT2D eigenvalue weighted by atomic mass is 10.0. The number of rotatable bonds is 5. The van der Waals surface area contributed by atoms with Crippen LogP contribution in [0.3, 0.4) is 0 Å². The molecule has 1 aromatic carbocycles. The maximum Gasteiger partial charge on any atom is 0.274 e. The van der Waals surface area contributed by atoms with E-state index < -0.39 is 0 Å². The summed E-state index contributed by atoms with van der Waals surface area (Å²) in [4.78, 5) is 20.8. The van der Waals surface area contributed by atoms with Gasteiger partial charge in [-0.25, -0.2) is 9.97 Å². The van der Waals surface area contributed by atoms with Gasteiger partial charge in [0.05, 0.1) is 0 Å². The number of hydrogen-bond acceptors (Lipinski definition) is 4. The van der Waals surface area contributed by atoms with Gasteiger partial charge in [0.1, 0.15) is 5.69 Å². The molecule has 116 valence electrons. The maximum atomic E-state index is 12.4. The quantitative estimate of drug-likeness (QED) is 0.883. The van der Waals surface area contributed by atoms with Crippen molar-refractivity contribution in [3.63, 3.8) is 0 Å². The molecule has 22 heavy (non-hydrogen) atoms. The molecule has 2 N–H and O–H groups in total. The van der Waals surface area contributed by atoms with Gasteiger partial charge in [-0.1, -0.05) is 32.0 Å². The van der Waals surface area contributed by atoms with Gasteiger partial charge in [-0.15, -0.1) is 0 Å². The zero-order valence-electron chi connectivity index (χ0n) is 13.4. The minimum atomic E-state index is -0.234. The number of para-hydroxylation sites is 1. The van der Waals surface area contributed by atoms with Crippen molar-refractivity contribution in [1.82, 2.24) is 9.97 Å². The van der Waals surface area contributed by atoms with Crippen LogP contribution in [-0.2, 0) is 0 Å². The number of carbonyl (C=O) groups excluding carboxylic acids is 1. The Kier molecular flexibility index (Phi) is 5.09. The zero-order valence-corrected chi connectivity index (χ0v) is 13.4. The standard InChI is InChI=1S/C17H22N4O/c1-11(2)13-7-5-6-8-14(13)20-16(22)15-9-10-18-17(21-15)19-12(3)4/h5-12H,1-4H3,(H,20,22)(H,18,19,21). The Morgan fingerprint density at radius 1 is 1.09 bits per heavy atom. The molecule has 0 spiro atoms. The third kappa shape index (κ3) is 4.04. The Morgan fingerprint density at radius 3 is 2.50 bits per heavy atom. The minimum Gasteiger partial charge on any atom is -0.352 e. The highest BCUT2D eigenvalue weighted by atomic mass is 16.1. The molecule has 0 bridgehead atoms. The summed E-state index contributed by atoms with van der Waals surface area (Å²) < 4.78 is 0. The lowest BCUT2D eigenvalue weighted by Gasteiger charge is -2.14. The maximum absolute atomic E-state index is 12.4. The van der Waals surface area contributed by atoms with E-state index >= 15 is 0 Å². The Labute approximate surface area is 131 Å². The predicted octanol–water partition coefficient (Wildman–Crippen LogP) is 3.67. The van der Waals surface area contributed by atoms with Crippen molar-refractivity contribution in [1.29, 1.82) is 0 Å². The number of benzene rings is 1. The first-order valence-corrected chi connectivity index (χ1v) is 7.47. The summed E-state index contributed by atoms with van der Waals surface area (Å²) >= 11 is 0. The van der Waals surface area contributed by atoms with Gasteiger partial charge in [-0.05, 0) is 37.5 Å². The smallest absolute Gasteiger partial charge is 0.274 e. The van der Waals surface area contributed by atoms with Crippen LogP contribution in [0.25, 0.3) is 0 Å². The van der Waals surface area contributed by atoms with Gasteiger partial charge >= 0.3 is 0 Å². The fourth-order valence-electron chi connectivity index (χ4n) is 2.11. The second kappa shape index (κ2) is 7.02. The summed E-state index contributed by atoms with van der Waals surface area (Å²) in [5, 5.41) is 6.02. The van der Waals surface area contributed by atoms with Crippen LogP contribution >= 0.6 is 0 Å². The molecule has 0 aliphatic carbocycles. The van der Waals surface area contributed by atoms with Gasteiger partial charge in [0.25, 0.3) is 5.91 Å². The van der Waals surface area contributed by atoms with E-state index in [1.165, 1.54) is 0 Å². The van der Waals surface area contributed by atoms with E-state index in [0.717, 1.165) is 11.3 Å². The van der Waals surface area contributed by atoms with E-state index in [9.17, 15) is 4.79 Å². The molecular formula is C17H22N4O. The topological polar surface area (TPSA) is 66.9 Å². The van der Waals surface area contributed by atoms with Gasteiger partial charge in [-0.3, -0.25) is 4.79 Å². The third-order valence-corrected chi connectivity index (χ3v) is 3.14. The summed E-state index contributed by atoms with van der Waals surface area (Å²) in [6.07, 6.45) is 1.58. The number of nitrogens with one attached hydrogen (secondary N) is 2. The second-order valence-electron chi connectivity index (χ2n) is 5.76. The summed E-state index contributed by atoms with van der Waals surface area (Å²) in [5.41, 5.74) is 2.27. The fourth-order valence-corrected chi connectivity index (χ4v) is 2.11. The number of amides is 1. The third-order valence-electron chi connectivity index (χ3n) is 3.14. The van der Waals surface area contributed by atoms with Crippen molar-refractivity contribution in [2.75, 3.05) is 10.6 Å². The molecule has 0 aliphatic heterocycles. The Morgan fingerprint density at radius 2 is 1.82 bits per heavy atom. The molecule has 0 fully saturated rings. The van der Waals surface area contributed by atoms with Crippen LogP contribution in [0.15, 0.2) is 36.5 Å². The second-order valence-corrected chi connectivity index (χ2v) is 5.76. The molecule has 2 rings (SSSR count). The zero-order chi connectivity index (χ0) is 16.1. The van der Waals surface area contributed by atoms with E-state index in [4.69, 9.17) is 0 Å². The minimum absolute atomic E-state index is 0.208. The first kappa shape index (κ1) is 15.9. The van der Waals surface area contributed by atoms with Gasteiger partial charge < -0.3 is 10.6 Å². The Hall–Kier alpha value is -2.43. The number of nitrogens with zero attached hydrogens (tertiary/aromatic N) is 2. The molecule has 0 atom stereocenters. The van der Waals surface area contributed by atoms with Crippen molar-refractivity contribution in [3.8, 4) is 0 Å². The molecular weight excluding hydrogens is 276 g/mol. The number of carbonyl (C=O) groups is 1. The van der Waals surface area contributed by atoms with Crippen molar-refractivity contribution < 1.29 is 4.79 Å². The van der Waals surface area contributed by atoms with Gasteiger partial charge in [0, 0.05) is 17.9 Å². The number of anilines is 2. The van der Waals surface area contributed by atoms with Crippen LogP contribution in [0.5, 0.6) is 0 Å². The van der Waals surface area contributed by atoms with E-state index in [1.807, 2.05) is 38.1 Å². The molecule has 1 amide bonds. The van der Waals surface area contributed by atoms with Crippen LogP contribution in [0.2, 0.25) is 0 Å². The molecule has 2 aromatic rings. The van der Waals surface area contributed by atoms with Crippen molar-refractivity contribution in [3.05, 3.63) is 47.8 Å². The predicted molar refractivity (Wildman–Crippen MR) is 89.3 cm³/mol. The van der Waals surface area contributed by atoms with Crippen molar-refractivity contribution in [2.45, 2.75) is 39.7 Å². The summed E-state index contributed by atoms with van der Waals surface area (Å²) in [6.45, 7) is 8.19. The molecule has 0 unspecified atom stereocenters. The molecule has 0 saturated heterocycles. The van der Waals surface area contributed by atoms with E-state index in [2.05, 4.69) is 34.4 Å². The molecule has 5 heteroatoms. The SMILES string of the molecule is CC(C)Nc1nccc(C(=O)Nc2ccccc2C(C)C)n1. The Balaban J connectivity index is 2.19. The summed E-state index contributed by atoms with van der Waals surface area (Å²) in [7, 11) is 0. The van der Waals surface area contributed by atoms with Crippen molar-refractivity contribution in [2.24, 2.45) is 0 Å². The lowest BCUT2D eigenvalue weighted by molar-refractivity contribution is 0.102. The van der Waals surface area contributed by atoms with Crippen LogP contribution in [0.4, 0.5) is 11.6 Å². The summed E-state index contributed by atoms with van der Waals surface area (Å²) in [6, 6.07) is 9.63. The Bertz CT molecular complexity index is 653. The van der Waals surface area contributed by atoms with Gasteiger partial charge in [-0.2, -0.15) is 0 Å². The summed E-state index contributed by atoms with van der Waals surface area (Å²) in [5.74, 6) is 0.558. The molecule has 1 heterocycles. The van der Waals surface area contributed by atoms with Crippen LogP contribution < -0.4 is 10.6 Å². The lowest BCUT2D eigenvalue weighted by Crippen LogP contribution is -2.18. The van der Waals surface area contributed by atoms with E-state index in [0.29, 0.717) is 17.6 Å². The first-order valence-electron chi connectivity index (χ1n) is 7.47. The molecule has 0 aliphatic rings. The highest BCUT2D eigenvalue weighted by Crippen LogP contribution is 2.24. The molecule has 5 nitrogen and oxygen atoms in total. The monoisotopic (exact) mass is 298 g/mol. The fraction of sp³-hybridized carbons (Fsp3) is 0.353. The van der Waals surface area contributed by atoms with E-state index in [-0.39, 0.29) is 11.9 Å². The molecule has 0 radical (unpaired) electrons. The van der Waals surface area contributed by atoms with Crippen molar-refractivity contribution >= 4 is 17.5 Å². The number of aromatic nitrogens is 2. The van der Waals surface area contributed by atoms with E-state index in [1.54, 1.807) is 12.3 Å². The van der Waals surface area contributed by atoms with Crippen LogP contribution in [0, 0.1) is 0 Å². The number of hydrogen-bond donors (Lipinski definition) is 2. The first-order chi connectivity index (χ1) is 10.5. The van der Waals surface area contributed by atoms with Gasteiger partial charge in [0.15, 0.2) is 0 Å². The highest BCUT2D eigenvalue weighted by Gasteiger charge is 2.13. The highest BCUT2D eigenvalue weighted by molar-refractivity contribution is 6.03. The largest absolute Gasteiger partial charge is 0.352 e. The van der Waals surface area contributed by atoms with Crippen LogP contribution in [0.1, 0.15) is 49.7 Å². The van der Waals surface area contributed by atoms with Crippen LogP contribution in [-0.4, -0.2) is 21.9 Å².